The van der Waals surface area contributed by atoms with E-state index in [1.54, 1.807) is 7.11 Å². The molecule has 0 aromatic heterocycles. The van der Waals surface area contributed by atoms with Gasteiger partial charge >= 0.3 is 0 Å². The smallest absolute Gasteiger partial charge is 0.147 e. The monoisotopic (exact) mass is 413 g/mol. The van der Waals surface area contributed by atoms with Gasteiger partial charge < -0.3 is 14.8 Å². The molecular weight excluding hydrogens is 398 g/mol. The summed E-state index contributed by atoms with van der Waals surface area (Å²) < 4.78 is 12.6. The van der Waals surface area contributed by atoms with Crippen molar-refractivity contribution in [2.45, 2.75) is 13.5 Å². The van der Waals surface area contributed by atoms with Crippen LogP contribution in [0.15, 0.2) is 45.3 Å². The molecule has 2 aromatic rings. The number of rotatable bonds is 6. The van der Waals surface area contributed by atoms with Crippen LogP contribution in [-0.4, -0.2) is 13.7 Å². The zero-order valence-electron chi connectivity index (χ0n) is 12.0. The Morgan fingerprint density at radius 3 is 2.19 bits per heavy atom. The SMILES string of the molecule is CCOc1c(Br)cc(CNc2ccc(OC)cc2)cc1Br. The fourth-order valence-electron chi connectivity index (χ4n) is 1.91. The van der Waals surface area contributed by atoms with Crippen molar-refractivity contribution >= 4 is 37.5 Å². The molecule has 0 aliphatic carbocycles. The Morgan fingerprint density at radius 1 is 1.05 bits per heavy atom. The Morgan fingerprint density at radius 2 is 1.67 bits per heavy atom. The molecule has 0 aliphatic rings. The molecule has 0 bridgehead atoms. The summed E-state index contributed by atoms with van der Waals surface area (Å²) in [6.45, 7) is 3.34. The predicted octanol–water partition coefficient (Wildman–Crippen LogP) is 5.23. The lowest BCUT2D eigenvalue weighted by molar-refractivity contribution is 0.336. The number of ether oxygens (including phenoxy) is 2. The van der Waals surface area contributed by atoms with E-state index in [2.05, 4.69) is 49.3 Å². The molecule has 2 rings (SSSR count). The van der Waals surface area contributed by atoms with Gasteiger partial charge in [-0.1, -0.05) is 0 Å². The van der Waals surface area contributed by atoms with E-state index in [0.717, 1.165) is 38.2 Å². The van der Waals surface area contributed by atoms with E-state index in [4.69, 9.17) is 9.47 Å². The molecule has 3 nitrogen and oxygen atoms in total. The quantitative estimate of drug-likeness (QED) is 0.701. The second kappa shape index (κ2) is 7.71. The molecule has 0 radical (unpaired) electrons. The summed E-state index contributed by atoms with van der Waals surface area (Å²) in [7, 11) is 1.66. The Bertz CT molecular complexity index is 577. The first-order valence-electron chi connectivity index (χ1n) is 6.62. The maximum atomic E-state index is 5.58. The molecule has 112 valence electrons. The van der Waals surface area contributed by atoms with Crippen molar-refractivity contribution in [1.82, 2.24) is 0 Å². The summed E-state index contributed by atoms with van der Waals surface area (Å²) in [5, 5.41) is 3.38. The minimum atomic E-state index is 0.640. The van der Waals surface area contributed by atoms with Crippen molar-refractivity contribution in [3.63, 3.8) is 0 Å². The van der Waals surface area contributed by atoms with Crippen LogP contribution in [0.2, 0.25) is 0 Å². The third-order valence-electron chi connectivity index (χ3n) is 2.93. The van der Waals surface area contributed by atoms with Gasteiger partial charge in [-0.15, -0.1) is 0 Å². The second-order valence-corrected chi connectivity index (χ2v) is 6.11. The van der Waals surface area contributed by atoms with Gasteiger partial charge in [-0.3, -0.25) is 0 Å². The number of halogens is 2. The molecule has 5 heteroatoms. The maximum absolute atomic E-state index is 5.58. The van der Waals surface area contributed by atoms with Crippen LogP contribution in [-0.2, 0) is 6.54 Å². The van der Waals surface area contributed by atoms with E-state index < -0.39 is 0 Å². The molecule has 0 unspecified atom stereocenters. The van der Waals surface area contributed by atoms with Gasteiger partial charge in [0.2, 0.25) is 0 Å². The molecule has 0 saturated carbocycles. The Hall–Kier alpha value is -1.20. The molecule has 0 saturated heterocycles. The van der Waals surface area contributed by atoms with Crippen LogP contribution in [0.3, 0.4) is 0 Å². The van der Waals surface area contributed by atoms with E-state index in [0.29, 0.717) is 6.61 Å². The highest BCUT2D eigenvalue weighted by molar-refractivity contribution is 9.11. The highest BCUT2D eigenvalue weighted by Gasteiger charge is 2.08. The van der Waals surface area contributed by atoms with Crippen LogP contribution in [0.25, 0.3) is 0 Å². The van der Waals surface area contributed by atoms with Crippen molar-refractivity contribution in [2.24, 2.45) is 0 Å². The summed E-state index contributed by atoms with van der Waals surface area (Å²) in [4.78, 5) is 0. The third kappa shape index (κ3) is 4.38. The van der Waals surface area contributed by atoms with Crippen LogP contribution in [0.1, 0.15) is 12.5 Å². The number of anilines is 1. The van der Waals surface area contributed by atoms with E-state index in [1.807, 2.05) is 31.2 Å². The summed E-state index contributed by atoms with van der Waals surface area (Å²) >= 11 is 7.09. The molecule has 21 heavy (non-hydrogen) atoms. The van der Waals surface area contributed by atoms with Gasteiger partial charge in [-0.05, 0) is 80.7 Å². The standard InChI is InChI=1S/C16H17Br2NO2/c1-3-21-16-14(17)8-11(9-15(16)18)10-19-12-4-6-13(20-2)7-5-12/h4-9,19H,3,10H2,1-2H3. The van der Waals surface area contributed by atoms with E-state index in [9.17, 15) is 0 Å². The molecule has 0 spiro atoms. The number of methoxy groups -OCH3 is 1. The lowest BCUT2D eigenvalue weighted by atomic mass is 10.2. The minimum Gasteiger partial charge on any atom is -0.497 e. The second-order valence-electron chi connectivity index (χ2n) is 4.40. The van der Waals surface area contributed by atoms with Crippen molar-refractivity contribution in [2.75, 3.05) is 19.0 Å². The maximum Gasteiger partial charge on any atom is 0.147 e. The van der Waals surface area contributed by atoms with Crippen LogP contribution in [0, 0.1) is 0 Å². The number of hydrogen-bond acceptors (Lipinski definition) is 3. The van der Waals surface area contributed by atoms with Crippen LogP contribution in [0.5, 0.6) is 11.5 Å². The first kappa shape index (κ1) is 16.2. The average molecular weight is 415 g/mol. The number of benzene rings is 2. The van der Waals surface area contributed by atoms with Gasteiger partial charge in [0.25, 0.3) is 0 Å². The Kier molecular flexibility index (Phi) is 5.94. The summed E-state index contributed by atoms with van der Waals surface area (Å²) in [5.41, 5.74) is 2.21. The lowest BCUT2D eigenvalue weighted by Crippen LogP contribution is -2.01. The first-order chi connectivity index (χ1) is 10.1. The highest BCUT2D eigenvalue weighted by Crippen LogP contribution is 2.35. The molecule has 0 aliphatic heterocycles. The minimum absolute atomic E-state index is 0.640. The predicted molar refractivity (Wildman–Crippen MR) is 93.3 cm³/mol. The normalized spacial score (nSPS) is 10.3. The zero-order valence-corrected chi connectivity index (χ0v) is 15.1. The lowest BCUT2D eigenvalue weighted by Gasteiger charge is -2.12. The largest absolute Gasteiger partial charge is 0.497 e. The van der Waals surface area contributed by atoms with E-state index in [-0.39, 0.29) is 0 Å². The van der Waals surface area contributed by atoms with Crippen molar-refractivity contribution in [3.8, 4) is 11.5 Å². The topological polar surface area (TPSA) is 30.5 Å². The van der Waals surface area contributed by atoms with Gasteiger partial charge in [0.15, 0.2) is 0 Å². The number of hydrogen-bond donors (Lipinski definition) is 1. The van der Waals surface area contributed by atoms with Gasteiger partial charge in [0.05, 0.1) is 22.7 Å². The van der Waals surface area contributed by atoms with Crippen molar-refractivity contribution in [3.05, 3.63) is 50.9 Å². The average Bonchev–Trinajstić information content (AvgIpc) is 2.49. The summed E-state index contributed by atoms with van der Waals surface area (Å²) in [5.74, 6) is 1.69. The summed E-state index contributed by atoms with van der Waals surface area (Å²) in [6.07, 6.45) is 0. The van der Waals surface area contributed by atoms with Crippen molar-refractivity contribution < 1.29 is 9.47 Å². The van der Waals surface area contributed by atoms with Gasteiger partial charge in [-0.25, -0.2) is 0 Å². The molecule has 0 fully saturated rings. The van der Waals surface area contributed by atoms with Crippen LogP contribution >= 0.6 is 31.9 Å². The van der Waals surface area contributed by atoms with Gasteiger partial charge in [0, 0.05) is 12.2 Å². The fraction of sp³-hybridized carbons (Fsp3) is 0.250. The highest BCUT2D eigenvalue weighted by atomic mass is 79.9. The molecular formula is C16H17Br2NO2. The van der Waals surface area contributed by atoms with Crippen LogP contribution < -0.4 is 14.8 Å². The Labute approximate surface area is 141 Å². The van der Waals surface area contributed by atoms with Crippen molar-refractivity contribution in [1.29, 1.82) is 0 Å². The summed E-state index contributed by atoms with van der Waals surface area (Å²) in [6, 6.07) is 12.0. The first-order valence-corrected chi connectivity index (χ1v) is 8.21. The molecule has 2 aromatic carbocycles. The Balaban J connectivity index is 2.05. The van der Waals surface area contributed by atoms with E-state index >= 15 is 0 Å². The van der Waals surface area contributed by atoms with Crippen LogP contribution in [0.4, 0.5) is 5.69 Å². The van der Waals surface area contributed by atoms with Gasteiger partial charge in [-0.2, -0.15) is 0 Å². The fourth-order valence-corrected chi connectivity index (χ4v) is 3.42. The zero-order chi connectivity index (χ0) is 15.2. The molecule has 0 amide bonds. The molecule has 0 atom stereocenters. The van der Waals surface area contributed by atoms with E-state index in [1.165, 1.54) is 0 Å². The molecule has 1 N–H and O–H groups in total. The third-order valence-corrected chi connectivity index (χ3v) is 4.11. The van der Waals surface area contributed by atoms with Gasteiger partial charge in [0.1, 0.15) is 11.5 Å². The molecule has 0 heterocycles. The number of nitrogens with one attached hydrogen (secondary N) is 1.